The van der Waals surface area contributed by atoms with E-state index in [1.807, 2.05) is 36.4 Å². The molecule has 31 heavy (non-hydrogen) atoms. The number of hydrogen-bond acceptors (Lipinski definition) is 3. The lowest BCUT2D eigenvalue weighted by Crippen LogP contribution is -1.93. The molecule has 4 nitrogen and oxygen atoms in total. The number of benzene rings is 4. The van der Waals surface area contributed by atoms with Gasteiger partial charge in [-0.15, -0.1) is 11.3 Å². The van der Waals surface area contributed by atoms with Gasteiger partial charge in [-0.25, -0.2) is 4.57 Å². The second-order valence-electron chi connectivity index (χ2n) is 6.89. The average Bonchev–Trinajstić information content (AvgIpc) is 3.10. The van der Waals surface area contributed by atoms with Crippen LogP contribution in [0.4, 0.5) is 0 Å². The number of hydrogen-bond donors (Lipinski definition) is 2. The molecule has 0 saturated heterocycles. The smallest absolute Gasteiger partial charge is 0.402 e. The molecule has 5 rings (SSSR count). The Morgan fingerprint density at radius 2 is 1.42 bits per heavy atom. The molecule has 0 amide bonds. The standard InChI is InChI=1S/C22H12Br3O4PS/c23-15-9-11(10-16(24)21(15)29-30(26,27)28)18-12-5-1-2-6-13(12)20(25)22-19(18)14-7-3-4-8-17(14)31-22/h1-10H,(H2,26,27,28). The van der Waals surface area contributed by atoms with Crippen molar-refractivity contribution in [1.82, 2.24) is 0 Å². The van der Waals surface area contributed by atoms with Crippen molar-refractivity contribution in [2.45, 2.75) is 0 Å². The van der Waals surface area contributed by atoms with Crippen LogP contribution in [0.3, 0.4) is 0 Å². The Labute approximate surface area is 206 Å². The zero-order valence-electron chi connectivity index (χ0n) is 15.5. The van der Waals surface area contributed by atoms with Crippen LogP contribution >= 0.6 is 66.9 Å². The van der Waals surface area contributed by atoms with E-state index in [4.69, 9.17) is 4.52 Å². The van der Waals surface area contributed by atoms with Crippen LogP contribution in [0.2, 0.25) is 0 Å². The summed E-state index contributed by atoms with van der Waals surface area (Å²) in [5, 5.41) is 4.47. The molecule has 0 spiro atoms. The van der Waals surface area contributed by atoms with E-state index in [1.54, 1.807) is 11.3 Å². The van der Waals surface area contributed by atoms with Crippen molar-refractivity contribution >= 4 is 97.9 Å². The quantitative estimate of drug-likeness (QED) is 0.193. The van der Waals surface area contributed by atoms with E-state index < -0.39 is 7.82 Å². The summed E-state index contributed by atoms with van der Waals surface area (Å²) in [5.74, 6) is 0.0601. The van der Waals surface area contributed by atoms with Crippen LogP contribution in [0.5, 0.6) is 5.75 Å². The molecular formula is C22H12Br3O4PS. The summed E-state index contributed by atoms with van der Waals surface area (Å²) in [4.78, 5) is 18.5. The molecule has 1 aromatic heterocycles. The molecule has 0 aliphatic carbocycles. The normalized spacial score (nSPS) is 12.2. The molecule has 4 aromatic carbocycles. The molecule has 0 fully saturated rings. The van der Waals surface area contributed by atoms with E-state index in [0.29, 0.717) is 8.95 Å². The van der Waals surface area contributed by atoms with Gasteiger partial charge in [0.1, 0.15) is 0 Å². The van der Waals surface area contributed by atoms with Gasteiger partial charge in [-0.05, 0) is 87.9 Å². The summed E-state index contributed by atoms with van der Waals surface area (Å²) in [6.45, 7) is 0. The highest BCUT2D eigenvalue weighted by atomic mass is 79.9. The number of phosphoric ester groups is 1. The third kappa shape index (κ3) is 3.78. The molecule has 0 saturated carbocycles. The van der Waals surface area contributed by atoms with E-state index in [2.05, 4.69) is 72.1 Å². The predicted molar refractivity (Wildman–Crippen MR) is 138 cm³/mol. The van der Waals surface area contributed by atoms with Gasteiger partial charge < -0.3 is 4.52 Å². The van der Waals surface area contributed by atoms with Crippen LogP contribution in [-0.2, 0) is 4.57 Å². The maximum Gasteiger partial charge on any atom is 0.524 e. The van der Waals surface area contributed by atoms with Crippen molar-refractivity contribution in [3.8, 4) is 16.9 Å². The van der Waals surface area contributed by atoms with Gasteiger partial charge in [0.2, 0.25) is 0 Å². The fraction of sp³-hybridized carbons (Fsp3) is 0. The lowest BCUT2D eigenvalue weighted by Gasteiger charge is -2.16. The highest BCUT2D eigenvalue weighted by molar-refractivity contribution is 9.11. The topological polar surface area (TPSA) is 66.8 Å². The van der Waals surface area contributed by atoms with Crippen molar-refractivity contribution in [3.05, 3.63) is 74.1 Å². The molecule has 0 aliphatic heterocycles. The van der Waals surface area contributed by atoms with E-state index in [0.717, 1.165) is 41.8 Å². The highest BCUT2D eigenvalue weighted by Gasteiger charge is 2.23. The monoisotopic (exact) mass is 640 g/mol. The summed E-state index contributed by atoms with van der Waals surface area (Å²) in [6, 6.07) is 20.2. The van der Waals surface area contributed by atoms with Gasteiger partial charge in [-0.1, -0.05) is 42.5 Å². The number of phosphoric acid groups is 1. The summed E-state index contributed by atoms with van der Waals surface area (Å²) >= 11 is 12.4. The van der Waals surface area contributed by atoms with Crippen molar-refractivity contribution in [2.24, 2.45) is 0 Å². The van der Waals surface area contributed by atoms with E-state index in [-0.39, 0.29) is 5.75 Å². The first-order valence-corrected chi connectivity index (χ1v) is 13.7. The first-order chi connectivity index (χ1) is 14.7. The Morgan fingerprint density at radius 1 is 0.839 bits per heavy atom. The average molecular weight is 643 g/mol. The number of thiophene rings is 1. The fourth-order valence-electron chi connectivity index (χ4n) is 3.81. The fourth-order valence-corrected chi connectivity index (χ4v) is 7.79. The summed E-state index contributed by atoms with van der Waals surface area (Å²) in [5.41, 5.74) is 1.95. The Bertz CT molecular complexity index is 1530. The summed E-state index contributed by atoms with van der Waals surface area (Å²) in [7, 11) is -4.70. The van der Waals surface area contributed by atoms with Gasteiger partial charge >= 0.3 is 7.82 Å². The van der Waals surface area contributed by atoms with Crippen LogP contribution in [0.1, 0.15) is 0 Å². The van der Waals surface area contributed by atoms with Gasteiger partial charge in [-0.2, -0.15) is 0 Å². The third-order valence-electron chi connectivity index (χ3n) is 4.97. The van der Waals surface area contributed by atoms with Gasteiger partial charge in [0.25, 0.3) is 0 Å². The molecule has 2 N–H and O–H groups in total. The minimum Gasteiger partial charge on any atom is -0.402 e. The molecule has 1 heterocycles. The first-order valence-electron chi connectivity index (χ1n) is 9.00. The van der Waals surface area contributed by atoms with Gasteiger partial charge in [-0.3, -0.25) is 9.79 Å². The maximum absolute atomic E-state index is 11.4. The zero-order chi connectivity index (χ0) is 21.9. The predicted octanol–water partition coefficient (Wildman–Crippen LogP) is 8.63. The zero-order valence-corrected chi connectivity index (χ0v) is 21.9. The number of rotatable bonds is 3. The van der Waals surface area contributed by atoms with E-state index in [9.17, 15) is 14.4 Å². The van der Waals surface area contributed by atoms with Crippen molar-refractivity contribution < 1.29 is 18.9 Å². The summed E-state index contributed by atoms with van der Waals surface area (Å²) < 4.78 is 20.5. The molecule has 5 aromatic rings. The first kappa shape index (κ1) is 21.6. The Kier molecular flexibility index (Phi) is 5.54. The van der Waals surface area contributed by atoms with Crippen LogP contribution < -0.4 is 4.52 Å². The second kappa shape index (κ2) is 7.96. The molecule has 0 bridgehead atoms. The van der Waals surface area contributed by atoms with E-state index in [1.165, 1.54) is 4.70 Å². The van der Waals surface area contributed by atoms with Gasteiger partial charge in [0, 0.05) is 19.9 Å². The minimum absolute atomic E-state index is 0.0601. The second-order valence-corrected chi connectivity index (χ2v) is 11.6. The van der Waals surface area contributed by atoms with Crippen molar-refractivity contribution in [3.63, 3.8) is 0 Å². The van der Waals surface area contributed by atoms with Gasteiger partial charge in [0.15, 0.2) is 5.75 Å². The van der Waals surface area contributed by atoms with Crippen molar-refractivity contribution in [1.29, 1.82) is 0 Å². The lowest BCUT2D eigenvalue weighted by molar-refractivity contribution is 0.282. The third-order valence-corrected chi connectivity index (χ3v) is 8.85. The maximum atomic E-state index is 11.4. The molecule has 156 valence electrons. The molecule has 9 heteroatoms. The van der Waals surface area contributed by atoms with Crippen LogP contribution in [0, 0.1) is 0 Å². The van der Waals surface area contributed by atoms with E-state index >= 15 is 0 Å². The summed E-state index contributed by atoms with van der Waals surface area (Å²) in [6.07, 6.45) is 0. The van der Waals surface area contributed by atoms with Crippen LogP contribution in [-0.4, -0.2) is 9.79 Å². The van der Waals surface area contributed by atoms with Crippen LogP contribution in [0.15, 0.2) is 74.1 Å². The number of fused-ring (bicyclic) bond motifs is 4. The Hall–Kier alpha value is -1.25. The van der Waals surface area contributed by atoms with Crippen LogP contribution in [0.25, 0.3) is 42.1 Å². The molecule has 0 unspecified atom stereocenters. The largest absolute Gasteiger partial charge is 0.524 e. The lowest BCUT2D eigenvalue weighted by atomic mass is 9.93. The SMILES string of the molecule is O=P(O)(O)Oc1c(Br)cc(-c2c3ccccc3c(Br)c3sc4ccccc4c23)cc1Br. The van der Waals surface area contributed by atoms with Gasteiger partial charge in [0.05, 0.1) is 13.6 Å². The Morgan fingerprint density at radius 3 is 2.06 bits per heavy atom. The Balaban J connectivity index is 1.92. The highest BCUT2D eigenvalue weighted by Crippen LogP contribution is 2.51. The molecular weight excluding hydrogens is 631 g/mol. The van der Waals surface area contributed by atoms with Crippen molar-refractivity contribution in [2.75, 3.05) is 0 Å². The molecule has 0 radical (unpaired) electrons. The minimum atomic E-state index is -4.70. The molecule has 0 aliphatic rings. The molecule has 0 atom stereocenters. The number of halogens is 3.